The van der Waals surface area contributed by atoms with Crippen LogP contribution in [-0.2, 0) is 24.2 Å². The summed E-state index contributed by atoms with van der Waals surface area (Å²) in [5.41, 5.74) is 9.06. The summed E-state index contributed by atoms with van der Waals surface area (Å²) in [5, 5.41) is 0. The maximum atomic E-state index is 5.95. The van der Waals surface area contributed by atoms with E-state index >= 15 is 0 Å². The molecule has 1 aliphatic heterocycles. The zero-order valence-electron chi connectivity index (χ0n) is 9.97. The molecule has 3 rings (SSSR count). The van der Waals surface area contributed by atoms with Gasteiger partial charge in [0.05, 0.1) is 18.9 Å². The lowest BCUT2D eigenvalue weighted by atomic mass is 10.1. The average Bonchev–Trinajstić information content (AvgIpc) is 2.40. The first kappa shape index (κ1) is 11.1. The maximum absolute atomic E-state index is 5.95. The van der Waals surface area contributed by atoms with Crippen molar-refractivity contribution in [1.29, 1.82) is 0 Å². The van der Waals surface area contributed by atoms with Crippen LogP contribution in [0.25, 0.3) is 0 Å². The lowest BCUT2D eigenvalue weighted by Gasteiger charge is -2.17. The van der Waals surface area contributed by atoms with E-state index in [4.69, 9.17) is 10.5 Å². The molecule has 0 atom stereocenters. The van der Waals surface area contributed by atoms with Crippen molar-refractivity contribution in [3.63, 3.8) is 0 Å². The van der Waals surface area contributed by atoms with Gasteiger partial charge in [0, 0.05) is 30.8 Å². The van der Waals surface area contributed by atoms with Crippen molar-refractivity contribution in [3.05, 3.63) is 47.2 Å². The van der Waals surface area contributed by atoms with Crippen LogP contribution in [0.5, 0.6) is 0 Å². The van der Waals surface area contributed by atoms with E-state index in [-0.39, 0.29) is 0 Å². The highest BCUT2D eigenvalue weighted by atomic mass is 16.5. The molecule has 0 spiro atoms. The number of nitrogens with zero attached hydrogens (tertiary/aromatic N) is 3. The van der Waals surface area contributed by atoms with Crippen LogP contribution in [0.1, 0.15) is 22.6 Å². The van der Waals surface area contributed by atoms with Crippen molar-refractivity contribution in [2.24, 2.45) is 0 Å². The van der Waals surface area contributed by atoms with E-state index in [0.29, 0.717) is 25.5 Å². The molecule has 0 fully saturated rings. The number of hydrogen-bond donors (Lipinski definition) is 1. The molecule has 0 bridgehead atoms. The minimum Gasteiger partial charge on any atom is -0.383 e. The number of anilines is 1. The molecule has 0 radical (unpaired) electrons. The molecule has 2 aromatic rings. The van der Waals surface area contributed by atoms with Crippen LogP contribution in [0.15, 0.2) is 24.5 Å². The highest BCUT2D eigenvalue weighted by Crippen LogP contribution is 2.20. The average molecular weight is 242 g/mol. The third-order valence-corrected chi connectivity index (χ3v) is 3.01. The third kappa shape index (κ3) is 2.17. The van der Waals surface area contributed by atoms with Crippen molar-refractivity contribution < 1.29 is 4.74 Å². The summed E-state index contributed by atoms with van der Waals surface area (Å²) in [4.78, 5) is 12.9. The van der Waals surface area contributed by atoms with Crippen molar-refractivity contribution in [1.82, 2.24) is 15.0 Å². The van der Waals surface area contributed by atoms with Gasteiger partial charge in [-0.2, -0.15) is 0 Å². The van der Waals surface area contributed by atoms with Crippen molar-refractivity contribution in [3.8, 4) is 0 Å². The first-order valence-electron chi connectivity index (χ1n) is 5.94. The summed E-state index contributed by atoms with van der Waals surface area (Å²) in [6, 6.07) is 3.92. The fourth-order valence-electron chi connectivity index (χ4n) is 2.07. The van der Waals surface area contributed by atoms with Gasteiger partial charge in [-0.25, -0.2) is 9.97 Å². The van der Waals surface area contributed by atoms with Gasteiger partial charge in [-0.15, -0.1) is 0 Å². The van der Waals surface area contributed by atoms with Gasteiger partial charge in [-0.1, -0.05) is 0 Å². The Morgan fingerprint density at radius 3 is 2.89 bits per heavy atom. The summed E-state index contributed by atoms with van der Waals surface area (Å²) < 4.78 is 5.37. The Morgan fingerprint density at radius 1 is 1.22 bits per heavy atom. The van der Waals surface area contributed by atoms with Crippen molar-refractivity contribution in [2.45, 2.75) is 19.4 Å². The number of pyridine rings is 1. The molecule has 92 valence electrons. The smallest absolute Gasteiger partial charge is 0.135 e. The Kier molecular flexibility index (Phi) is 2.90. The van der Waals surface area contributed by atoms with Crippen molar-refractivity contribution >= 4 is 5.82 Å². The second kappa shape index (κ2) is 4.70. The lowest BCUT2D eigenvalue weighted by molar-refractivity contribution is 0.109. The van der Waals surface area contributed by atoms with Crippen LogP contribution in [-0.4, -0.2) is 21.6 Å². The molecule has 2 aromatic heterocycles. The van der Waals surface area contributed by atoms with E-state index in [2.05, 4.69) is 15.0 Å². The molecular weight excluding hydrogens is 228 g/mol. The number of fused-ring (bicyclic) bond motifs is 1. The molecule has 0 saturated carbocycles. The summed E-state index contributed by atoms with van der Waals surface area (Å²) >= 11 is 0. The number of rotatable bonds is 2. The molecule has 18 heavy (non-hydrogen) atoms. The lowest BCUT2D eigenvalue weighted by Crippen LogP contribution is -2.17. The number of ether oxygens (including phenoxy) is 1. The minimum absolute atomic E-state index is 0.525. The largest absolute Gasteiger partial charge is 0.383 e. The van der Waals surface area contributed by atoms with E-state index in [1.165, 1.54) is 0 Å². The molecule has 0 unspecified atom stereocenters. The van der Waals surface area contributed by atoms with Gasteiger partial charge >= 0.3 is 0 Å². The molecule has 5 heteroatoms. The summed E-state index contributed by atoms with van der Waals surface area (Å²) in [5.74, 6) is 1.31. The highest BCUT2D eigenvalue weighted by Gasteiger charge is 2.16. The standard InChI is InChI=1S/C13H14N4O/c14-13-10-8-18-6-3-11(10)16-12(17-13)7-9-1-4-15-5-2-9/h1-2,4-5H,3,6-8H2,(H2,14,16,17). The summed E-state index contributed by atoms with van der Waals surface area (Å²) in [6.45, 7) is 1.23. The zero-order valence-corrected chi connectivity index (χ0v) is 9.97. The van der Waals surface area contributed by atoms with Gasteiger partial charge in [0.2, 0.25) is 0 Å². The molecule has 0 aromatic carbocycles. The van der Waals surface area contributed by atoms with Crippen LogP contribution in [0.2, 0.25) is 0 Å². The van der Waals surface area contributed by atoms with Gasteiger partial charge in [0.25, 0.3) is 0 Å². The van der Waals surface area contributed by atoms with E-state index in [1.807, 2.05) is 12.1 Å². The fraction of sp³-hybridized carbons (Fsp3) is 0.308. The van der Waals surface area contributed by atoms with Crippen LogP contribution in [0, 0.1) is 0 Å². The zero-order chi connectivity index (χ0) is 12.4. The van der Waals surface area contributed by atoms with E-state index in [0.717, 1.165) is 29.1 Å². The Morgan fingerprint density at radius 2 is 2.06 bits per heavy atom. The molecule has 0 amide bonds. The Balaban J connectivity index is 1.91. The maximum Gasteiger partial charge on any atom is 0.135 e. The normalized spacial score (nSPS) is 14.2. The van der Waals surface area contributed by atoms with Gasteiger partial charge in [0.15, 0.2) is 0 Å². The minimum atomic E-state index is 0.525. The van der Waals surface area contributed by atoms with Gasteiger partial charge < -0.3 is 10.5 Å². The van der Waals surface area contributed by atoms with Crippen molar-refractivity contribution in [2.75, 3.05) is 12.3 Å². The Bertz CT molecular complexity index is 556. The Hall–Kier alpha value is -2.01. The molecule has 2 N–H and O–H groups in total. The third-order valence-electron chi connectivity index (χ3n) is 3.01. The van der Waals surface area contributed by atoms with E-state index in [1.54, 1.807) is 12.4 Å². The highest BCUT2D eigenvalue weighted by molar-refractivity contribution is 5.43. The molecule has 0 saturated heterocycles. The number of nitrogen functional groups attached to an aromatic ring is 1. The molecule has 5 nitrogen and oxygen atoms in total. The molecule has 1 aliphatic rings. The molecule has 0 aliphatic carbocycles. The van der Waals surface area contributed by atoms with Gasteiger partial charge in [0.1, 0.15) is 11.6 Å². The second-order valence-corrected chi connectivity index (χ2v) is 4.29. The van der Waals surface area contributed by atoms with Gasteiger partial charge in [-0.3, -0.25) is 4.98 Å². The Labute approximate surface area is 105 Å². The van der Waals surface area contributed by atoms with Crippen LogP contribution < -0.4 is 5.73 Å². The number of hydrogen-bond acceptors (Lipinski definition) is 5. The predicted molar refractivity (Wildman–Crippen MR) is 66.8 cm³/mol. The second-order valence-electron chi connectivity index (χ2n) is 4.29. The van der Waals surface area contributed by atoms with Crippen LogP contribution >= 0.6 is 0 Å². The first-order valence-corrected chi connectivity index (χ1v) is 5.94. The fourth-order valence-corrected chi connectivity index (χ4v) is 2.07. The van der Waals surface area contributed by atoms with E-state index < -0.39 is 0 Å². The summed E-state index contributed by atoms with van der Waals surface area (Å²) in [6.07, 6.45) is 5.03. The first-order chi connectivity index (χ1) is 8.83. The topological polar surface area (TPSA) is 73.9 Å². The predicted octanol–water partition coefficient (Wildman–Crippen LogP) is 1.12. The van der Waals surface area contributed by atoms with Crippen LogP contribution in [0.3, 0.4) is 0 Å². The molecular formula is C13H14N4O. The summed E-state index contributed by atoms with van der Waals surface area (Å²) in [7, 11) is 0. The molecule has 3 heterocycles. The SMILES string of the molecule is Nc1nc(Cc2ccncc2)nc2c1COCC2. The monoisotopic (exact) mass is 242 g/mol. The quantitative estimate of drug-likeness (QED) is 0.854. The van der Waals surface area contributed by atoms with E-state index in [9.17, 15) is 0 Å². The number of nitrogens with two attached hydrogens (primary N) is 1. The van der Waals surface area contributed by atoms with Crippen LogP contribution in [0.4, 0.5) is 5.82 Å². The van der Waals surface area contributed by atoms with Gasteiger partial charge in [-0.05, 0) is 17.7 Å². The number of aromatic nitrogens is 3.